The molecule has 0 saturated carbocycles. The lowest BCUT2D eigenvalue weighted by Crippen LogP contribution is -2.18. The molecule has 0 unspecified atom stereocenters. The molecule has 0 spiro atoms. The Morgan fingerprint density at radius 3 is 2.60 bits per heavy atom. The van der Waals surface area contributed by atoms with Gasteiger partial charge < -0.3 is 10.0 Å². The second kappa shape index (κ2) is 4.82. The van der Waals surface area contributed by atoms with Crippen LogP contribution in [0.4, 0.5) is 5.69 Å². The Kier molecular flexibility index (Phi) is 3.72. The van der Waals surface area contributed by atoms with Crippen molar-refractivity contribution >= 4 is 11.7 Å². The molecule has 1 aromatic carbocycles. The first-order chi connectivity index (χ1) is 7.06. The van der Waals surface area contributed by atoms with Crippen molar-refractivity contribution in [1.29, 1.82) is 0 Å². The monoisotopic (exact) mass is 207 g/mol. The van der Waals surface area contributed by atoms with E-state index in [1.54, 1.807) is 6.07 Å². The minimum Gasteiger partial charge on any atom is -0.478 e. The molecule has 0 heterocycles. The van der Waals surface area contributed by atoms with E-state index in [1.165, 1.54) is 0 Å². The number of carboxylic acid groups (broad SMARTS) is 1. The molecule has 0 saturated heterocycles. The first kappa shape index (κ1) is 11.6. The van der Waals surface area contributed by atoms with Crippen LogP contribution in [0, 0.1) is 6.92 Å². The molecule has 3 nitrogen and oxygen atoms in total. The van der Waals surface area contributed by atoms with Gasteiger partial charge in [0.2, 0.25) is 0 Å². The van der Waals surface area contributed by atoms with Crippen LogP contribution >= 0.6 is 0 Å². The van der Waals surface area contributed by atoms with Gasteiger partial charge in [-0.25, -0.2) is 4.79 Å². The summed E-state index contributed by atoms with van der Waals surface area (Å²) in [5.41, 5.74) is 2.26. The molecule has 0 aliphatic carbocycles. The molecule has 0 aliphatic heterocycles. The summed E-state index contributed by atoms with van der Waals surface area (Å²) in [5, 5.41) is 8.88. The average molecular weight is 207 g/mol. The molecule has 3 heteroatoms. The Labute approximate surface area is 90.3 Å². The van der Waals surface area contributed by atoms with Crippen LogP contribution in [0.5, 0.6) is 0 Å². The second-order valence-corrected chi connectivity index (χ2v) is 3.73. The topological polar surface area (TPSA) is 40.5 Å². The predicted molar refractivity (Wildman–Crippen MR) is 61.7 cm³/mol. The van der Waals surface area contributed by atoms with E-state index in [0.717, 1.165) is 24.2 Å². The number of benzene rings is 1. The zero-order valence-corrected chi connectivity index (χ0v) is 9.45. The third-order valence-corrected chi connectivity index (χ3v) is 2.44. The minimum absolute atomic E-state index is 0.378. The summed E-state index contributed by atoms with van der Waals surface area (Å²) in [6.07, 6.45) is 1.08. The summed E-state index contributed by atoms with van der Waals surface area (Å²) in [6.45, 7) is 4.92. The van der Waals surface area contributed by atoms with Crippen LogP contribution in [0.3, 0.4) is 0 Å². The highest BCUT2D eigenvalue weighted by atomic mass is 16.4. The Hall–Kier alpha value is -1.51. The van der Waals surface area contributed by atoms with Gasteiger partial charge >= 0.3 is 5.97 Å². The number of rotatable bonds is 4. The van der Waals surface area contributed by atoms with Crippen LogP contribution in [0.2, 0.25) is 0 Å². The molecule has 1 aromatic rings. The first-order valence-electron chi connectivity index (χ1n) is 5.11. The molecule has 0 radical (unpaired) electrons. The molecular weight excluding hydrogens is 190 g/mol. The number of nitrogens with zero attached hydrogens (tertiary/aromatic N) is 1. The molecule has 0 amide bonds. The third-order valence-electron chi connectivity index (χ3n) is 2.44. The Morgan fingerprint density at radius 1 is 1.47 bits per heavy atom. The van der Waals surface area contributed by atoms with Crippen LogP contribution in [0.15, 0.2) is 18.2 Å². The van der Waals surface area contributed by atoms with Gasteiger partial charge in [0.25, 0.3) is 0 Å². The summed E-state index contributed by atoms with van der Waals surface area (Å²) in [4.78, 5) is 12.9. The van der Waals surface area contributed by atoms with Crippen molar-refractivity contribution in [3.8, 4) is 0 Å². The maximum atomic E-state index is 10.8. The Morgan fingerprint density at radius 2 is 2.13 bits per heavy atom. The van der Waals surface area contributed by atoms with Crippen molar-refractivity contribution in [3.05, 3.63) is 29.3 Å². The van der Waals surface area contributed by atoms with Gasteiger partial charge in [0.15, 0.2) is 0 Å². The molecule has 15 heavy (non-hydrogen) atoms. The van der Waals surface area contributed by atoms with Gasteiger partial charge in [0.05, 0.1) is 5.56 Å². The van der Waals surface area contributed by atoms with Gasteiger partial charge in [-0.15, -0.1) is 0 Å². The van der Waals surface area contributed by atoms with Crippen molar-refractivity contribution in [2.75, 3.05) is 18.5 Å². The molecule has 0 aromatic heterocycles. The molecule has 0 fully saturated rings. The smallest absolute Gasteiger partial charge is 0.335 e. The lowest BCUT2D eigenvalue weighted by Gasteiger charge is -2.19. The Balaban J connectivity index is 2.96. The summed E-state index contributed by atoms with van der Waals surface area (Å²) in [7, 11) is 2.01. The van der Waals surface area contributed by atoms with Gasteiger partial charge in [-0.1, -0.05) is 6.92 Å². The van der Waals surface area contributed by atoms with Crippen LogP contribution < -0.4 is 4.90 Å². The summed E-state index contributed by atoms with van der Waals surface area (Å²) in [6, 6.07) is 5.43. The fourth-order valence-corrected chi connectivity index (χ4v) is 1.59. The highest BCUT2D eigenvalue weighted by Gasteiger charge is 2.08. The molecule has 0 atom stereocenters. The van der Waals surface area contributed by atoms with Crippen LogP contribution in [-0.2, 0) is 0 Å². The quantitative estimate of drug-likeness (QED) is 0.824. The standard InChI is InChI=1S/C12H17NO2/c1-4-7-13(3)10-5-6-11(12(14)15)9(2)8-10/h5-6,8H,4,7H2,1-3H3,(H,14,15). The number of anilines is 1. The maximum Gasteiger partial charge on any atom is 0.335 e. The van der Waals surface area contributed by atoms with Crippen LogP contribution in [0.1, 0.15) is 29.3 Å². The van der Waals surface area contributed by atoms with Gasteiger partial charge in [-0.2, -0.15) is 0 Å². The molecule has 1 N–H and O–H groups in total. The molecular formula is C12H17NO2. The molecule has 0 aliphatic rings. The molecule has 0 bridgehead atoms. The SMILES string of the molecule is CCCN(C)c1ccc(C(=O)O)c(C)c1. The number of aryl methyl sites for hydroxylation is 1. The van der Waals surface area contributed by atoms with Crippen LogP contribution in [0.25, 0.3) is 0 Å². The first-order valence-corrected chi connectivity index (χ1v) is 5.11. The number of carboxylic acids is 1. The number of hydrogen-bond donors (Lipinski definition) is 1. The van der Waals surface area contributed by atoms with Gasteiger partial charge in [-0.05, 0) is 37.1 Å². The lowest BCUT2D eigenvalue weighted by molar-refractivity contribution is 0.0696. The summed E-state index contributed by atoms with van der Waals surface area (Å²) >= 11 is 0. The van der Waals surface area contributed by atoms with Gasteiger partial charge in [0, 0.05) is 19.3 Å². The van der Waals surface area contributed by atoms with E-state index in [2.05, 4.69) is 11.8 Å². The van der Waals surface area contributed by atoms with E-state index in [0.29, 0.717) is 5.56 Å². The third kappa shape index (κ3) is 2.72. The Bertz CT molecular complexity index is 361. The van der Waals surface area contributed by atoms with Crippen molar-refractivity contribution in [2.24, 2.45) is 0 Å². The van der Waals surface area contributed by atoms with Crippen molar-refractivity contribution < 1.29 is 9.90 Å². The highest BCUT2D eigenvalue weighted by molar-refractivity contribution is 5.89. The van der Waals surface area contributed by atoms with Crippen molar-refractivity contribution in [2.45, 2.75) is 20.3 Å². The van der Waals surface area contributed by atoms with E-state index in [-0.39, 0.29) is 0 Å². The zero-order chi connectivity index (χ0) is 11.4. The largest absolute Gasteiger partial charge is 0.478 e. The number of hydrogen-bond acceptors (Lipinski definition) is 2. The van der Waals surface area contributed by atoms with Gasteiger partial charge in [-0.3, -0.25) is 0 Å². The van der Waals surface area contributed by atoms with E-state index < -0.39 is 5.97 Å². The van der Waals surface area contributed by atoms with Crippen LogP contribution in [-0.4, -0.2) is 24.7 Å². The normalized spacial score (nSPS) is 10.1. The summed E-state index contributed by atoms with van der Waals surface area (Å²) in [5.74, 6) is -0.864. The maximum absolute atomic E-state index is 10.8. The predicted octanol–water partition coefficient (Wildman–Crippen LogP) is 2.54. The lowest BCUT2D eigenvalue weighted by atomic mass is 10.1. The molecule has 1 rings (SSSR count). The van der Waals surface area contributed by atoms with E-state index in [4.69, 9.17) is 5.11 Å². The minimum atomic E-state index is -0.864. The summed E-state index contributed by atoms with van der Waals surface area (Å²) < 4.78 is 0. The number of aromatic carboxylic acids is 1. The fraction of sp³-hybridized carbons (Fsp3) is 0.417. The van der Waals surface area contributed by atoms with Crippen molar-refractivity contribution in [1.82, 2.24) is 0 Å². The number of carbonyl (C=O) groups is 1. The fourth-order valence-electron chi connectivity index (χ4n) is 1.59. The second-order valence-electron chi connectivity index (χ2n) is 3.73. The van der Waals surface area contributed by atoms with Gasteiger partial charge in [0.1, 0.15) is 0 Å². The average Bonchev–Trinajstić information content (AvgIpc) is 2.17. The van der Waals surface area contributed by atoms with E-state index in [9.17, 15) is 4.79 Å². The zero-order valence-electron chi connectivity index (χ0n) is 9.45. The van der Waals surface area contributed by atoms with Crippen molar-refractivity contribution in [3.63, 3.8) is 0 Å². The highest BCUT2D eigenvalue weighted by Crippen LogP contribution is 2.18. The van der Waals surface area contributed by atoms with E-state index in [1.807, 2.05) is 26.1 Å². The van der Waals surface area contributed by atoms with E-state index >= 15 is 0 Å². The molecule has 82 valence electrons.